The van der Waals surface area contributed by atoms with E-state index < -0.39 is 0 Å². The van der Waals surface area contributed by atoms with Crippen molar-refractivity contribution >= 4 is 5.57 Å². The van der Waals surface area contributed by atoms with Crippen molar-refractivity contribution < 1.29 is 4.48 Å². The minimum atomic E-state index is 0.400. The smallest absolute Gasteiger partial charge is 0.0477 e. The summed E-state index contributed by atoms with van der Waals surface area (Å²) in [4.78, 5) is 3.94. The molecule has 1 aliphatic heterocycles. The predicted octanol–water partition coefficient (Wildman–Crippen LogP) is 2.06. The number of rotatable bonds is 1. The van der Waals surface area contributed by atoms with Crippen LogP contribution < -0.4 is 0 Å². The van der Waals surface area contributed by atoms with Gasteiger partial charge in [-0.3, -0.25) is 4.98 Å². The molecule has 2 heterocycles. The van der Waals surface area contributed by atoms with Gasteiger partial charge in [-0.05, 0) is 29.7 Å². The zero-order valence-electron chi connectivity index (χ0n) is 7.28. The molecule has 0 saturated carbocycles. The van der Waals surface area contributed by atoms with Gasteiger partial charge in [-0.15, -0.1) is 9.60 Å². The van der Waals surface area contributed by atoms with Crippen molar-refractivity contribution in [2.75, 3.05) is 13.1 Å². The summed E-state index contributed by atoms with van der Waals surface area (Å²) in [5.74, 6) is 0. The first-order valence-corrected chi connectivity index (χ1v) is 4.36. The summed E-state index contributed by atoms with van der Waals surface area (Å²) in [7, 11) is 0. The monoisotopic (exact) mass is 178 g/mol. The van der Waals surface area contributed by atoms with E-state index in [9.17, 15) is 4.48 Å². The molecule has 0 spiro atoms. The molecule has 68 valence electrons. The van der Waals surface area contributed by atoms with Crippen molar-refractivity contribution in [3.63, 3.8) is 0 Å². The average molecular weight is 178 g/mol. The van der Waals surface area contributed by atoms with E-state index in [-0.39, 0.29) is 0 Å². The van der Waals surface area contributed by atoms with Gasteiger partial charge in [-0.25, -0.2) is 0 Å². The van der Waals surface area contributed by atoms with Crippen LogP contribution in [0.4, 0.5) is 4.48 Å². The van der Waals surface area contributed by atoms with Crippen LogP contribution in [0.2, 0.25) is 0 Å². The highest BCUT2D eigenvalue weighted by atomic mass is 19.2. The van der Waals surface area contributed by atoms with E-state index in [1.807, 2.05) is 18.2 Å². The second-order valence-electron chi connectivity index (χ2n) is 3.08. The standard InChI is InChI=1S/C10H11FN2/c11-13-7-3-10(4-8-13)9-1-5-12-6-2-9/h1-3,5-6H,4,7-8H2. The number of pyridine rings is 1. The Labute approximate surface area is 76.6 Å². The molecule has 0 atom stereocenters. The summed E-state index contributed by atoms with van der Waals surface area (Å²) in [6.45, 7) is 0.895. The minimum Gasteiger partial charge on any atom is -0.265 e. The maximum absolute atomic E-state index is 12.6. The van der Waals surface area contributed by atoms with Gasteiger partial charge in [0.15, 0.2) is 0 Å². The zero-order chi connectivity index (χ0) is 9.10. The van der Waals surface area contributed by atoms with Gasteiger partial charge in [-0.2, -0.15) is 0 Å². The Kier molecular flexibility index (Phi) is 2.36. The molecule has 13 heavy (non-hydrogen) atoms. The van der Waals surface area contributed by atoms with Gasteiger partial charge in [0, 0.05) is 25.5 Å². The third-order valence-electron chi connectivity index (χ3n) is 2.21. The van der Waals surface area contributed by atoms with Crippen LogP contribution in [0, 0.1) is 0 Å². The Hall–Kier alpha value is -1.22. The molecule has 1 aromatic rings. The number of halogens is 1. The topological polar surface area (TPSA) is 16.1 Å². The Balaban J connectivity index is 2.19. The van der Waals surface area contributed by atoms with Crippen LogP contribution in [0.15, 0.2) is 30.6 Å². The molecule has 0 aromatic carbocycles. The minimum absolute atomic E-state index is 0.400. The predicted molar refractivity (Wildman–Crippen MR) is 49.5 cm³/mol. The first-order chi connectivity index (χ1) is 6.36. The van der Waals surface area contributed by atoms with E-state index in [2.05, 4.69) is 4.98 Å². The van der Waals surface area contributed by atoms with Crippen LogP contribution >= 0.6 is 0 Å². The van der Waals surface area contributed by atoms with Crippen LogP contribution in [0.1, 0.15) is 12.0 Å². The molecule has 3 heteroatoms. The maximum atomic E-state index is 12.6. The van der Waals surface area contributed by atoms with Gasteiger partial charge in [0.25, 0.3) is 0 Å². The summed E-state index contributed by atoms with van der Waals surface area (Å²) >= 11 is 0. The van der Waals surface area contributed by atoms with Crippen LogP contribution in [0.5, 0.6) is 0 Å². The van der Waals surface area contributed by atoms with Gasteiger partial charge < -0.3 is 0 Å². The zero-order valence-corrected chi connectivity index (χ0v) is 7.28. The van der Waals surface area contributed by atoms with Crippen LogP contribution in [0.25, 0.3) is 5.57 Å². The first-order valence-electron chi connectivity index (χ1n) is 4.36. The van der Waals surface area contributed by atoms with Crippen LogP contribution in [-0.4, -0.2) is 23.2 Å². The molecular weight excluding hydrogens is 167 g/mol. The third-order valence-corrected chi connectivity index (χ3v) is 2.21. The summed E-state index contributed by atoms with van der Waals surface area (Å²) in [5, 5.41) is 0.824. The Morgan fingerprint density at radius 3 is 2.69 bits per heavy atom. The van der Waals surface area contributed by atoms with Gasteiger partial charge in [-0.1, -0.05) is 6.08 Å². The Morgan fingerprint density at radius 1 is 1.31 bits per heavy atom. The van der Waals surface area contributed by atoms with Crippen molar-refractivity contribution in [2.45, 2.75) is 6.42 Å². The lowest BCUT2D eigenvalue weighted by Crippen LogP contribution is -2.19. The highest BCUT2D eigenvalue weighted by Gasteiger charge is 2.11. The number of nitrogens with zero attached hydrogens (tertiary/aromatic N) is 2. The fourth-order valence-corrected chi connectivity index (χ4v) is 1.47. The van der Waals surface area contributed by atoms with Crippen molar-refractivity contribution in [1.82, 2.24) is 10.1 Å². The molecule has 2 nitrogen and oxygen atoms in total. The lowest BCUT2D eigenvalue weighted by Gasteiger charge is -2.17. The number of hydrogen-bond donors (Lipinski definition) is 0. The van der Waals surface area contributed by atoms with Crippen molar-refractivity contribution in [3.8, 4) is 0 Å². The summed E-state index contributed by atoms with van der Waals surface area (Å²) < 4.78 is 12.6. The van der Waals surface area contributed by atoms with Crippen LogP contribution in [-0.2, 0) is 0 Å². The first kappa shape index (κ1) is 8.38. The quantitative estimate of drug-likeness (QED) is 0.612. The molecule has 0 aliphatic carbocycles. The number of aromatic nitrogens is 1. The summed E-state index contributed by atoms with van der Waals surface area (Å²) in [5.41, 5.74) is 2.37. The molecule has 2 rings (SSSR count). The van der Waals surface area contributed by atoms with Crippen molar-refractivity contribution in [1.29, 1.82) is 0 Å². The largest absolute Gasteiger partial charge is 0.265 e. The number of hydrogen-bond acceptors (Lipinski definition) is 2. The highest BCUT2D eigenvalue weighted by Crippen LogP contribution is 2.21. The fraction of sp³-hybridized carbons (Fsp3) is 0.300. The molecule has 0 radical (unpaired) electrons. The summed E-state index contributed by atoms with van der Waals surface area (Å²) in [6.07, 6.45) is 6.23. The molecule has 0 saturated heterocycles. The lowest BCUT2D eigenvalue weighted by molar-refractivity contribution is 0.0393. The molecule has 0 amide bonds. The highest BCUT2D eigenvalue weighted by molar-refractivity contribution is 5.65. The molecular formula is C10H11FN2. The fourth-order valence-electron chi connectivity index (χ4n) is 1.47. The van der Waals surface area contributed by atoms with Gasteiger partial charge in [0.05, 0.1) is 0 Å². The van der Waals surface area contributed by atoms with Crippen molar-refractivity contribution in [3.05, 3.63) is 36.2 Å². The Bertz CT molecular complexity index is 308. The van der Waals surface area contributed by atoms with E-state index in [4.69, 9.17) is 0 Å². The van der Waals surface area contributed by atoms with Crippen molar-refractivity contribution in [2.24, 2.45) is 0 Å². The Morgan fingerprint density at radius 2 is 2.08 bits per heavy atom. The molecule has 1 aromatic heterocycles. The van der Waals surface area contributed by atoms with E-state index in [0.29, 0.717) is 13.1 Å². The van der Waals surface area contributed by atoms with E-state index in [0.717, 1.165) is 17.1 Å². The van der Waals surface area contributed by atoms with Gasteiger partial charge >= 0.3 is 0 Å². The lowest BCUT2D eigenvalue weighted by atomic mass is 10.0. The molecule has 0 unspecified atom stereocenters. The maximum Gasteiger partial charge on any atom is 0.0477 e. The molecule has 0 fully saturated rings. The van der Waals surface area contributed by atoms with Gasteiger partial charge in [0.1, 0.15) is 0 Å². The average Bonchev–Trinajstić information content (AvgIpc) is 2.20. The third kappa shape index (κ3) is 1.92. The molecule has 1 aliphatic rings. The van der Waals surface area contributed by atoms with E-state index in [1.54, 1.807) is 12.4 Å². The normalized spacial score (nSPS) is 18.4. The molecule has 0 bridgehead atoms. The molecule has 0 N–H and O–H groups in total. The SMILES string of the molecule is FN1CC=C(c2ccncc2)CC1. The van der Waals surface area contributed by atoms with Crippen LogP contribution in [0.3, 0.4) is 0 Å². The second-order valence-corrected chi connectivity index (χ2v) is 3.08. The van der Waals surface area contributed by atoms with Gasteiger partial charge in [0.2, 0.25) is 0 Å². The second kappa shape index (κ2) is 3.66. The van der Waals surface area contributed by atoms with E-state index in [1.165, 1.54) is 5.57 Å². The summed E-state index contributed by atoms with van der Waals surface area (Å²) in [6, 6.07) is 3.92. The van der Waals surface area contributed by atoms with E-state index >= 15 is 0 Å².